The molecule has 1 aliphatic rings. The van der Waals surface area contributed by atoms with Crippen LogP contribution in [0.15, 0.2) is 29.8 Å². The molecule has 2 aromatic heterocycles. The summed E-state index contributed by atoms with van der Waals surface area (Å²) in [6.45, 7) is 0.764. The summed E-state index contributed by atoms with van der Waals surface area (Å²) in [4.78, 5) is 8.90. The number of pyridine rings is 1. The van der Waals surface area contributed by atoms with Crippen molar-refractivity contribution in [2.24, 2.45) is 0 Å². The summed E-state index contributed by atoms with van der Waals surface area (Å²) in [5, 5.41) is 6.75. The molecule has 2 heterocycles. The minimum absolute atomic E-state index is 0.739. The van der Waals surface area contributed by atoms with Gasteiger partial charge in [-0.1, -0.05) is 12.5 Å². The normalized spacial score (nSPS) is 15.5. The Balaban J connectivity index is 1.60. The highest BCUT2D eigenvalue weighted by molar-refractivity contribution is 7.09. The Morgan fingerprint density at radius 1 is 1.35 bits per heavy atom. The standard InChI is InChI=1S/C13H15N3S/c1-2-7-14-12(6-1)15-8-11-9-17-13(16-11)10-4-3-5-10/h1-2,6-7,9-10H,3-5,8H2,(H,14,15). The second kappa shape index (κ2) is 4.84. The van der Waals surface area contributed by atoms with Crippen molar-refractivity contribution in [2.75, 3.05) is 5.32 Å². The quantitative estimate of drug-likeness (QED) is 0.897. The first-order valence-electron chi connectivity index (χ1n) is 6.01. The highest BCUT2D eigenvalue weighted by Gasteiger charge is 2.22. The Bertz CT molecular complexity index is 476. The third kappa shape index (κ3) is 2.47. The smallest absolute Gasteiger partial charge is 0.126 e. The van der Waals surface area contributed by atoms with Crippen LogP contribution in [0.5, 0.6) is 0 Å². The summed E-state index contributed by atoms with van der Waals surface area (Å²) in [6.07, 6.45) is 5.80. The molecule has 1 aliphatic carbocycles. The Morgan fingerprint density at radius 2 is 2.29 bits per heavy atom. The maximum absolute atomic E-state index is 4.68. The van der Waals surface area contributed by atoms with Gasteiger partial charge in [-0.25, -0.2) is 9.97 Å². The highest BCUT2D eigenvalue weighted by Crippen LogP contribution is 2.37. The first-order valence-corrected chi connectivity index (χ1v) is 6.89. The molecule has 0 aliphatic heterocycles. The van der Waals surface area contributed by atoms with Crippen molar-refractivity contribution in [3.05, 3.63) is 40.5 Å². The molecule has 0 unspecified atom stereocenters. The molecule has 2 aromatic rings. The van der Waals surface area contributed by atoms with E-state index in [1.54, 1.807) is 17.5 Å². The summed E-state index contributed by atoms with van der Waals surface area (Å²) >= 11 is 1.80. The average molecular weight is 245 g/mol. The zero-order chi connectivity index (χ0) is 11.5. The minimum atomic E-state index is 0.739. The van der Waals surface area contributed by atoms with Crippen LogP contribution in [0, 0.1) is 0 Å². The van der Waals surface area contributed by atoms with E-state index in [2.05, 4.69) is 20.7 Å². The van der Waals surface area contributed by atoms with Gasteiger partial charge in [-0.05, 0) is 25.0 Å². The molecule has 3 nitrogen and oxygen atoms in total. The van der Waals surface area contributed by atoms with Crippen LogP contribution in [0.25, 0.3) is 0 Å². The fourth-order valence-corrected chi connectivity index (χ4v) is 2.89. The van der Waals surface area contributed by atoms with E-state index in [4.69, 9.17) is 0 Å². The number of hydrogen-bond donors (Lipinski definition) is 1. The van der Waals surface area contributed by atoms with Gasteiger partial charge in [0.2, 0.25) is 0 Å². The van der Waals surface area contributed by atoms with E-state index >= 15 is 0 Å². The van der Waals surface area contributed by atoms with E-state index in [1.165, 1.54) is 24.3 Å². The van der Waals surface area contributed by atoms with E-state index in [0.29, 0.717) is 0 Å². The van der Waals surface area contributed by atoms with Gasteiger partial charge in [0.1, 0.15) is 5.82 Å². The Kier molecular flexibility index (Phi) is 3.05. The predicted octanol–water partition coefficient (Wildman–Crippen LogP) is 3.42. The Hall–Kier alpha value is -1.42. The van der Waals surface area contributed by atoms with Crippen molar-refractivity contribution in [3.63, 3.8) is 0 Å². The maximum atomic E-state index is 4.68. The molecule has 4 heteroatoms. The predicted molar refractivity (Wildman–Crippen MR) is 70.3 cm³/mol. The zero-order valence-corrected chi connectivity index (χ0v) is 10.4. The van der Waals surface area contributed by atoms with Crippen molar-refractivity contribution >= 4 is 17.2 Å². The highest BCUT2D eigenvalue weighted by atomic mass is 32.1. The van der Waals surface area contributed by atoms with E-state index in [0.717, 1.165) is 24.0 Å². The largest absolute Gasteiger partial charge is 0.364 e. The molecule has 17 heavy (non-hydrogen) atoms. The number of rotatable bonds is 4. The third-order valence-corrected chi connectivity index (χ3v) is 4.20. The molecule has 0 atom stereocenters. The number of nitrogens with zero attached hydrogens (tertiary/aromatic N) is 2. The molecular formula is C13H15N3S. The first-order chi connectivity index (χ1) is 8.42. The summed E-state index contributed by atoms with van der Waals surface area (Å²) in [7, 11) is 0. The fraction of sp³-hybridized carbons (Fsp3) is 0.385. The van der Waals surface area contributed by atoms with Crippen LogP contribution in [0.3, 0.4) is 0 Å². The lowest BCUT2D eigenvalue weighted by Crippen LogP contribution is -2.08. The van der Waals surface area contributed by atoms with Crippen LogP contribution in [0.4, 0.5) is 5.82 Å². The van der Waals surface area contributed by atoms with Crippen LogP contribution < -0.4 is 5.32 Å². The van der Waals surface area contributed by atoms with Crippen molar-refractivity contribution < 1.29 is 0 Å². The van der Waals surface area contributed by atoms with E-state index < -0.39 is 0 Å². The van der Waals surface area contributed by atoms with E-state index in [1.807, 2.05) is 18.2 Å². The lowest BCUT2D eigenvalue weighted by molar-refractivity contribution is 0.418. The maximum Gasteiger partial charge on any atom is 0.126 e. The molecule has 0 spiro atoms. The van der Waals surface area contributed by atoms with Crippen molar-refractivity contribution in [3.8, 4) is 0 Å². The topological polar surface area (TPSA) is 37.8 Å². The summed E-state index contributed by atoms with van der Waals surface area (Å²) in [5.74, 6) is 1.65. The number of anilines is 1. The molecule has 0 saturated heterocycles. The second-order valence-electron chi connectivity index (χ2n) is 4.37. The molecule has 88 valence electrons. The van der Waals surface area contributed by atoms with Gasteiger partial charge < -0.3 is 5.32 Å². The van der Waals surface area contributed by atoms with Gasteiger partial charge in [-0.15, -0.1) is 11.3 Å². The van der Waals surface area contributed by atoms with Crippen LogP contribution in [0.2, 0.25) is 0 Å². The van der Waals surface area contributed by atoms with Gasteiger partial charge in [0.15, 0.2) is 0 Å². The van der Waals surface area contributed by atoms with Crippen LogP contribution in [-0.2, 0) is 6.54 Å². The number of aromatic nitrogens is 2. The second-order valence-corrected chi connectivity index (χ2v) is 5.26. The number of thiazole rings is 1. The van der Waals surface area contributed by atoms with E-state index in [-0.39, 0.29) is 0 Å². The molecule has 0 bridgehead atoms. The number of nitrogens with one attached hydrogen (secondary N) is 1. The Morgan fingerprint density at radius 3 is 3.00 bits per heavy atom. The van der Waals surface area contributed by atoms with Crippen molar-refractivity contribution in [1.82, 2.24) is 9.97 Å². The third-order valence-electron chi connectivity index (χ3n) is 3.14. The summed E-state index contributed by atoms with van der Waals surface area (Å²) in [6, 6.07) is 5.87. The van der Waals surface area contributed by atoms with Gasteiger partial charge in [0.05, 0.1) is 17.2 Å². The molecule has 3 rings (SSSR count). The molecule has 1 fully saturated rings. The van der Waals surface area contributed by atoms with E-state index in [9.17, 15) is 0 Å². The first kappa shape index (κ1) is 10.7. The molecule has 0 radical (unpaired) electrons. The zero-order valence-electron chi connectivity index (χ0n) is 9.60. The van der Waals surface area contributed by atoms with Crippen LogP contribution in [0.1, 0.15) is 35.9 Å². The number of hydrogen-bond acceptors (Lipinski definition) is 4. The molecular weight excluding hydrogens is 230 g/mol. The van der Waals surface area contributed by atoms with Crippen molar-refractivity contribution in [1.29, 1.82) is 0 Å². The summed E-state index contributed by atoms with van der Waals surface area (Å²) < 4.78 is 0. The molecule has 0 amide bonds. The van der Waals surface area contributed by atoms with Gasteiger partial charge in [0.25, 0.3) is 0 Å². The molecule has 1 saturated carbocycles. The fourth-order valence-electron chi connectivity index (χ4n) is 1.89. The molecule has 1 N–H and O–H groups in total. The molecule has 0 aromatic carbocycles. The van der Waals surface area contributed by atoms with Crippen LogP contribution in [-0.4, -0.2) is 9.97 Å². The summed E-state index contributed by atoms with van der Waals surface area (Å²) in [5.41, 5.74) is 1.13. The Labute approximate surface area is 105 Å². The monoisotopic (exact) mass is 245 g/mol. The lowest BCUT2D eigenvalue weighted by atomic mass is 9.86. The van der Waals surface area contributed by atoms with Crippen molar-refractivity contribution in [2.45, 2.75) is 31.7 Å². The lowest BCUT2D eigenvalue weighted by Gasteiger charge is -2.22. The van der Waals surface area contributed by atoms with Gasteiger partial charge in [0, 0.05) is 17.5 Å². The minimum Gasteiger partial charge on any atom is -0.364 e. The van der Waals surface area contributed by atoms with Crippen LogP contribution >= 0.6 is 11.3 Å². The van der Waals surface area contributed by atoms with Gasteiger partial charge in [-0.3, -0.25) is 0 Å². The van der Waals surface area contributed by atoms with Gasteiger partial charge in [-0.2, -0.15) is 0 Å². The van der Waals surface area contributed by atoms with Gasteiger partial charge >= 0.3 is 0 Å². The average Bonchev–Trinajstić information content (AvgIpc) is 2.74. The SMILES string of the molecule is c1ccc(NCc2csc(C3CCC3)n2)nc1.